The highest BCUT2D eigenvalue weighted by atomic mass is 16.3. The van der Waals surface area contributed by atoms with E-state index in [1.807, 2.05) is 0 Å². The summed E-state index contributed by atoms with van der Waals surface area (Å²) in [5.41, 5.74) is 0.369. The lowest BCUT2D eigenvalue weighted by Gasteiger charge is -2.63. The lowest BCUT2D eigenvalue weighted by atomic mass is 9.43. The van der Waals surface area contributed by atoms with Crippen LogP contribution in [0, 0.1) is 46.3 Å². The van der Waals surface area contributed by atoms with E-state index in [1.165, 1.54) is 44.9 Å². The summed E-state index contributed by atoms with van der Waals surface area (Å²) < 4.78 is 0. The van der Waals surface area contributed by atoms with Crippen molar-refractivity contribution in [2.75, 3.05) is 13.1 Å². The molecule has 4 aliphatic carbocycles. The molecule has 0 bridgehead atoms. The molecule has 180 valence electrons. The summed E-state index contributed by atoms with van der Waals surface area (Å²) in [6.07, 6.45) is 9.62. The molecule has 4 nitrogen and oxygen atoms in total. The Morgan fingerprint density at radius 3 is 2.32 bits per heavy atom. The van der Waals surface area contributed by atoms with Crippen LogP contribution >= 0.6 is 0 Å². The van der Waals surface area contributed by atoms with Gasteiger partial charge in [-0.2, -0.15) is 0 Å². The van der Waals surface area contributed by atoms with Gasteiger partial charge in [0.2, 0.25) is 0 Å². The van der Waals surface area contributed by atoms with Crippen molar-refractivity contribution in [3.05, 3.63) is 0 Å². The Bertz CT molecular complexity index is 613. The molecule has 0 radical (unpaired) electrons. The summed E-state index contributed by atoms with van der Waals surface area (Å²) >= 11 is 0. The van der Waals surface area contributed by atoms with Gasteiger partial charge in [-0.3, -0.25) is 0 Å². The van der Waals surface area contributed by atoms with Crippen LogP contribution < -0.4 is 5.32 Å². The zero-order valence-electron chi connectivity index (χ0n) is 20.5. The van der Waals surface area contributed by atoms with E-state index < -0.39 is 12.2 Å². The van der Waals surface area contributed by atoms with E-state index >= 15 is 0 Å². The predicted octanol–water partition coefficient (Wildman–Crippen LogP) is 4.36. The molecule has 4 aliphatic rings. The van der Waals surface area contributed by atoms with Gasteiger partial charge in [0, 0.05) is 0 Å². The normalized spacial score (nSPS) is 50.4. The highest BCUT2D eigenvalue weighted by molar-refractivity contribution is 5.14. The zero-order valence-corrected chi connectivity index (χ0v) is 20.5. The molecule has 0 saturated heterocycles. The number of fused-ring (bicyclic) bond motifs is 5. The minimum absolute atomic E-state index is 0.0450. The molecular formula is C27H49NO3. The molecule has 0 aromatic carbocycles. The van der Waals surface area contributed by atoms with Crippen molar-refractivity contribution in [2.24, 2.45) is 46.3 Å². The molecule has 4 rings (SSSR count). The van der Waals surface area contributed by atoms with E-state index in [4.69, 9.17) is 0 Å². The Labute approximate surface area is 190 Å². The summed E-state index contributed by atoms with van der Waals surface area (Å²) in [6, 6.07) is 0. The SMILES string of the molecule is CCCNCCCC(C)C1CCC2C3C(CC[C@]12C)[C@@]1(C)CC[C@@H](O)C[C@H]1[C@H](O)[C@@H]3O. The maximum absolute atomic E-state index is 11.4. The van der Waals surface area contributed by atoms with Crippen molar-refractivity contribution < 1.29 is 15.3 Å². The summed E-state index contributed by atoms with van der Waals surface area (Å²) in [5.74, 6) is 2.78. The molecule has 4 saturated carbocycles. The topological polar surface area (TPSA) is 72.7 Å². The third-order valence-electron chi connectivity index (χ3n) is 10.9. The van der Waals surface area contributed by atoms with Crippen LogP contribution in [0.4, 0.5) is 0 Å². The van der Waals surface area contributed by atoms with Gasteiger partial charge < -0.3 is 20.6 Å². The van der Waals surface area contributed by atoms with Gasteiger partial charge >= 0.3 is 0 Å². The molecule has 31 heavy (non-hydrogen) atoms. The molecule has 11 atom stereocenters. The second kappa shape index (κ2) is 9.24. The molecule has 0 aromatic heterocycles. The van der Waals surface area contributed by atoms with E-state index in [2.05, 4.69) is 33.0 Å². The van der Waals surface area contributed by atoms with Crippen LogP contribution in [0.1, 0.15) is 91.9 Å². The van der Waals surface area contributed by atoms with Crippen molar-refractivity contribution >= 4 is 0 Å². The Hall–Kier alpha value is -0.160. The van der Waals surface area contributed by atoms with Gasteiger partial charge in [-0.05, 0) is 124 Å². The minimum Gasteiger partial charge on any atom is -0.393 e. The molecule has 0 amide bonds. The molecule has 5 unspecified atom stereocenters. The number of aliphatic hydroxyl groups is 3. The fraction of sp³-hybridized carbons (Fsp3) is 1.00. The maximum Gasteiger partial charge on any atom is 0.0836 e. The number of hydrogen-bond donors (Lipinski definition) is 4. The van der Waals surface area contributed by atoms with Crippen LogP contribution in [0.5, 0.6) is 0 Å². The second-order valence-corrected chi connectivity index (χ2v) is 12.4. The molecule has 0 spiro atoms. The Morgan fingerprint density at radius 1 is 0.871 bits per heavy atom. The largest absolute Gasteiger partial charge is 0.393 e. The maximum atomic E-state index is 11.4. The molecule has 4 N–H and O–H groups in total. The average Bonchev–Trinajstić information content (AvgIpc) is 3.10. The number of hydrogen-bond acceptors (Lipinski definition) is 4. The van der Waals surface area contributed by atoms with Crippen LogP contribution in [-0.2, 0) is 0 Å². The zero-order chi connectivity index (χ0) is 22.4. The number of nitrogens with one attached hydrogen (secondary N) is 1. The van der Waals surface area contributed by atoms with Crippen LogP contribution in [0.25, 0.3) is 0 Å². The van der Waals surface area contributed by atoms with E-state index in [9.17, 15) is 15.3 Å². The fourth-order valence-electron chi connectivity index (χ4n) is 9.27. The van der Waals surface area contributed by atoms with Gasteiger partial charge in [0.05, 0.1) is 18.3 Å². The minimum atomic E-state index is -0.676. The lowest BCUT2D eigenvalue weighted by Crippen LogP contribution is -2.64. The van der Waals surface area contributed by atoms with Crippen molar-refractivity contribution in [2.45, 2.75) is 110 Å². The lowest BCUT2D eigenvalue weighted by molar-refractivity contribution is -0.223. The molecule has 4 fully saturated rings. The van der Waals surface area contributed by atoms with Gasteiger partial charge in [0.15, 0.2) is 0 Å². The van der Waals surface area contributed by atoms with E-state index in [1.54, 1.807) is 0 Å². The molecule has 0 aliphatic heterocycles. The van der Waals surface area contributed by atoms with Crippen LogP contribution in [0.2, 0.25) is 0 Å². The van der Waals surface area contributed by atoms with Crippen molar-refractivity contribution in [3.8, 4) is 0 Å². The van der Waals surface area contributed by atoms with Gasteiger partial charge in [-0.25, -0.2) is 0 Å². The first-order valence-electron chi connectivity index (χ1n) is 13.5. The number of aliphatic hydroxyl groups excluding tert-OH is 3. The molecular weight excluding hydrogens is 386 g/mol. The fourth-order valence-corrected chi connectivity index (χ4v) is 9.27. The van der Waals surface area contributed by atoms with Crippen LogP contribution in [0.3, 0.4) is 0 Å². The quantitative estimate of drug-likeness (QED) is 0.448. The van der Waals surface area contributed by atoms with E-state index in [0.717, 1.165) is 37.8 Å². The van der Waals surface area contributed by atoms with E-state index in [-0.39, 0.29) is 23.4 Å². The van der Waals surface area contributed by atoms with E-state index in [0.29, 0.717) is 23.7 Å². The van der Waals surface area contributed by atoms with Gasteiger partial charge in [-0.15, -0.1) is 0 Å². The molecule has 0 aromatic rings. The first-order chi connectivity index (χ1) is 14.7. The first kappa shape index (κ1) is 24.0. The molecule has 4 heteroatoms. The van der Waals surface area contributed by atoms with Crippen molar-refractivity contribution in [1.82, 2.24) is 5.32 Å². The highest BCUT2D eigenvalue weighted by Crippen LogP contribution is 2.68. The third kappa shape index (κ3) is 4.02. The summed E-state index contributed by atoms with van der Waals surface area (Å²) in [7, 11) is 0. The Kier molecular flexibility index (Phi) is 7.14. The summed E-state index contributed by atoms with van der Waals surface area (Å²) in [5, 5.41) is 36.4. The average molecular weight is 436 g/mol. The standard InChI is InChI=1S/C27H49NO3/c1-5-14-28-15-6-7-17(2)19-8-9-20-23-21(11-13-26(19,20)3)27(4)12-10-18(29)16-22(27)24(30)25(23)31/h17-25,28-31H,5-16H2,1-4H3/t17?,18-,19?,20?,21?,22+,23?,24+,25-,26-,27-/m1/s1. The van der Waals surface area contributed by atoms with Crippen LogP contribution in [-0.4, -0.2) is 46.7 Å². The number of rotatable bonds is 7. The predicted molar refractivity (Wildman–Crippen MR) is 126 cm³/mol. The van der Waals surface area contributed by atoms with Gasteiger partial charge in [0.25, 0.3) is 0 Å². The van der Waals surface area contributed by atoms with Crippen LogP contribution in [0.15, 0.2) is 0 Å². The van der Waals surface area contributed by atoms with Crippen molar-refractivity contribution in [1.29, 1.82) is 0 Å². The molecule has 0 heterocycles. The summed E-state index contributed by atoms with van der Waals surface area (Å²) in [6.45, 7) is 11.8. The van der Waals surface area contributed by atoms with Crippen molar-refractivity contribution in [3.63, 3.8) is 0 Å². The smallest absolute Gasteiger partial charge is 0.0836 e. The summed E-state index contributed by atoms with van der Waals surface area (Å²) in [4.78, 5) is 0. The van der Waals surface area contributed by atoms with Gasteiger partial charge in [0.1, 0.15) is 0 Å². The second-order valence-electron chi connectivity index (χ2n) is 12.4. The monoisotopic (exact) mass is 435 g/mol. The Balaban J connectivity index is 1.49. The highest BCUT2D eigenvalue weighted by Gasteiger charge is 2.65. The first-order valence-corrected chi connectivity index (χ1v) is 13.5. The third-order valence-corrected chi connectivity index (χ3v) is 10.9. The Morgan fingerprint density at radius 2 is 1.58 bits per heavy atom. The van der Waals surface area contributed by atoms with Gasteiger partial charge in [-0.1, -0.05) is 27.7 Å².